The Balaban J connectivity index is 1.92. The van der Waals surface area contributed by atoms with Gasteiger partial charge in [-0.1, -0.05) is 18.5 Å². The molecule has 7 nitrogen and oxygen atoms in total. The van der Waals surface area contributed by atoms with E-state index in [0.717, 1.165) is 6.42 Å². The first kappa shape index (κ1) is 18.1. The molecule has 1 atom stereocenters. The highest BCUT2D eigenvalue weighted by molar-refractivity contribution is 6.33. The molecule has 0 unspecified atom stereocenters. The number of methoxy groups -OCH3 is 1. The van der Waals surface area contributed by atoms with Gasteiger partial charge in [-0.05, 0) is 24.6 Å². The number of anilines is 1. The van der Waals surface area contributed by atoms with E-state index in [4.69, 9.17) is 11.6 Å². The summed E-state index contributed by atoms with van der Waals surface area (Å²) in [5, 5.41) is 5.59. The van der Waals surface area contributed by atoms with Gasteiger partial charge in [-0.15, -0.1) is 0 Å². The normalized spacial score (nSPS) is 16.9. The van der Waals surface area contributed by atoms with Crippen LogP contribution in [-0.4, -0.2) is 49.0 Å². The number of carbonyl (C=O) groups excluding carboxylic acids is 3. The number of nitrogens with one attached hydrogen (secondary N) is 2. The Bertz CT molecular complexity index is 650. The number of hydrogen-bond donors (Lipinski definition) is 2. The van der Waals surface area contributed by atoms with Crippen molar-refractivity contribution in [2.45, 2.75) is 25.8 Å². The third-order valence-electron chi connectivity index (χ3n) is 3.68. The second kappa shape index (κ2) is 8.01. The zero-order chi connectivity index (χ0) is 17.7. The molecule has 0 radical (unpaired) electrons. The van der Waals surface area contributed by atoms with Crippen LogP contribution in [0.1, 0.15) is 30.1 Å². The van der Waals surface area contributed by atoms with Crippen molar-refractivity contribution in [2.75, 3.05) is 25.5 Å². The predicted molar refractivity (Wildman–Crippen MR) is 90.2 cm³/mol. The minimum Gasteiger partial charge on any atom is -0.465 e. The molecule has 1 fully saturated rings. The Morgan fingerprint density at radius 3 is 2.79 bits per heavy atom. The minimum atomic E-state index is -0.545. The topological polar surface area (TPSA) is 87.7 Å². The van der Waals surface area contributed by atoms with Crippen LogP contribution in [0.4, 0.5) is 10.5 Å². The van der Waals surface area contributed by atoms with Crippen molar-refractivity contribution in [3.63, 3.8) is 0 Å². The van der Waals surface area contributed by atoms with Gasteiger partial charge in [0.1, 0.15) is 0 Å². The average molecular weight is 354 g/mol. The maximum Gasteiger partial charge on any atom is 0.339 e. The molecule has 0 aromatic heterocycles. The van der Waals surface area contributed by atoms with E-state index in [0.29, 0.717) is 25.2 Å². The fourth-order valence-corrected chi connectivity index (χ4v) is 2.83. The minimum absolute atomic E-state index is 0.0487. The predicted octanol–water partition coefficient (Wildman–Crippen LogP) is 2.26. The summed E-state index contributed by atoms with van der Waals surface area (Å²) in [6, 6.07) is 3.87. The average Bonchev–Trinajstić information content (AvgIpc) is 2.86. The maximum atomic E-state index is 12.0. The van der Waals surface area contributed by atoms with E-state index in [1.807, 2.05) is 6.92 Å². The summed E-state index contributed by atoms with van der Waals surface area (Å²) in [5.74, 6) is -0.496. The van der Waals surface area contributed by atoms with Crippen LogP contribution >= 0.6 is 11.6 Å². The molecule has 2 N–H and O–H groups in total. The zero-order valence-electron chi connectivity index (χ0n) is 13.6. The lowest BCUT2D eigenvalue weighted by molar-refractivity contribution is -0.127. The molecular weight excluding hydrogens is 334 g/mol. The van der Waals surface area contributed by atoms with E-state index in [1.54, 1.807) is 11.0 Å². The summed E-state index contributed by atoms with van der Waals surface area (Å²) < 4.78 is 4.61. The molecule has 1 aromatic carbocycles. The molecule has 0 saturated carbocycles. The zero-order valence-corrected chi connectivity index (χ0v) is 14.4. The third-order valence-corrected chi connectivity index (χ3v) is 3.99. The molecule has 24 heavy (non-hydrogen) atoms. The molecule has 3 amide bonds. The van der Waals surface area contributed by atoms with Crippen LogP contribution in [0.25, 0.3) is 0 Å². The first-order valence-corrected chi connectivity index (χ1v) is 8.05. The van der Waals surface area contributed by atoms with Crippen molar-refractivity contribution in [1.29, 1.82) is 0 Å². The third kappa shape index (κ3) is 4.38. The maximum absolute atomic E-state index is 12.0. The van der Waals surface area contributed by atoms with Crippen LogP contribution in [0.15, 0.2) is 18.2 Å². The van der Waals surface area contributed by atoms with Gasteiger partial charge in [-0.3, -0.25) is 4.79 Å². The molecule has 1 aromatic rings. The Kier molecular flexibility index (Phi) is 6.03. The summed E-state index contributed by atoms with van der Waals surface area (Å²) in [4.78, 5) is 37.0. The Hall–Kier alpha value is -2.28. The van der Waals surface area contributed by atoms with E-state index in [1.165, 1.54) is 19.2 Å². The van der Waals surface area contributed by atoms with E-state index < -0.39 is 12.0 Å². The number of amides is 3. The van der Waals surface area contributed by atoms with Crippen molar-refractivity contribution in [1.82, 2.24) is 10.2 Å². The number of benzene rings is 1. The number of urea groups is 1. The number of esters is 1. The Morgan fingerprint density at radius 2 is 2.17 bits per heavy atom. The van der Waals surface area contributed by atoms with Crippen molar-refractivity contribution >= 4 is 35.2 Å². The lowest BCUT2D eigenvalue weighted by atomic mass is 10.2. The number of nitrogens with zero attached hydrogens (tertiary/aromatic N) is 1. The molecule has 0 spiro atoms. The van der Waals surface area contributed by atoms with Gasteiger partial charge in [0.25, 0.3) is 0 Å². The highest BCUT2D eigenvalue weighted by atomic mass is 35.5. The van der Waals surface area contributed by atoms with Crippen LogP contribution in [0, 0.1) is 0 Å². The van der Waals surface area contributed by atoms with Crippen LogP contribution in [0.3, 0.4) is 0 Å². The molecular formula is C16H20ClN3O4. The van der Waals surface area contributed by atoms with E-state index in [2.05, 4.69) is 15.4 Å². The smallest absolute Gasteiger partial charge is 0.339 e. The lowest BCUT2D eigenvalue weighted by Crippen LogP contribution is -2.39. The molecule has 0 bridgehead atoms. The Morgan fingerprint density at radius 1 is 1.42 bits per heavy atom. The fourth-order valence-electron chi connectivity index (χ4n) is 2.58. The second-order valence-electron chi connectivity index (χ2n) is 5.53. The van der Waals surface area contributed by atoms with Crippen molar-refractivity contribution in [3.8, 4) is 0 Å². The van der Waals surface area contributed by atoms with Gasteiger partial charge < -0.3 is 20.3 Å². The molecule has 1 saturated heterocycles. The molecule has 8 heteroatoms. The van der Waals surface area contributed by atoms with Crippen molar-refractivity contribution in [2.24, 2.45) is 0 Å². The van der Waals surface area contributed by atoms with Gasteiger partial charge in [0.2, 0.25) is 5.91 Å². The van der Waals surface area contributed by atoms with E-state index >= 15 is 0 Å². The molecule has 1 aliphatic heterocycles. The van der Waals surface area contributed by atoms with Gasteiger partial charge in [0, 0.05) is 25.2 Å². The molecule has 0 aliphatic carbocycles. The molecule has 1 aliphatic rings. The van der Waals surface area contributed by atoms with Gasteiger partial charge in [0.15, 0.2) is 0 Å². The van der Waals surface area contributed by atoms with Gasteiger partial charge in [-0.2, -0.15) is 0 Å². The molecule has 2 rings (SSSR count). The van der Waals surface area contributed by atoms with E-state index in [9.17, 15) is 14.4 Å². The highest BCUT2D eigenvalue weighted by Gasteiger charge is 2.29. The number of ether oxygens (including phenoxy) is 1. The summed E-state index contributed by atoms with van der Waals surface area (Å²) in [7, 11) is 1.27. The first-order chi connectivity index (χ1) is 11.4. The largest absolute Gasteiger partial charge is 0.465 e. The highest BCUT2D eigenvalue weighted by Crippen LogP contribution is 2.21. The van der Waals surface area contributed by atoms with Crippen LogP contribution in [0.2, 0.25) is 5.02 Å². The van der Waals surface area contributed by atoms with Gasteiger partial charge in [0.05, 0.1) is 23.7 Å². The van der Waals surface area contributed by atoms with Crippen molar-refractivity contribution < 1.29 is 19.1 Å². The molecule has 130 valence electrons. The number of rotatable bonds is 5. The Labute approximate surface area is 145 Å². The van der Waals surface area contributed by atoms with Crippen LogP contribution in [0.5, 0.6) is 0 Å². The SMILES string of the molecule is CCCN1C[C@H](NC(=O)Nc2ccc(C(=O)OC)c(Cl)c2)CC1=O. The molecule has 1 heterocycles. The standard InChI is InChI=1S/C16H20ClN3O4/c1-3-6-20-9-11(8-14(20)21)19-16(23)18-10-4-5-12(13(17)7-10)15(22)24-2/h4-5,7,11H,3,6,8-9H2,1-2H3,(H2,18,19,23)/t11-/m1/s1. The van der Waals surface area contributed by atoms with E-state index in [-0.39, 0.29) is 22.5 Å². The van der Waals surface area contributed by atoms with Crippen LogP contribution in [-0.2, 0) is 9.53 Å². The summed E-state index contributed by atoms with van der Waals surface area (Å²) in [6.45, 7) is 3.22. The van der Waals surface area contributed by atoms with Gasteiger partial charge >= 0.3 is 12.0 Å². The summed E-state index contributed by atoms with van der Waals surface area (Å²) >= 11 is 6.01. The van der Waals surface area contributed by atoms with Crippen molar-refractivity contribution in [3.05, 3.63) is 28.8 Å². The fraction of sp³-hybridized carbons (Fsp3) is 0.438. The van der Waals surface area contributed by atoms with Gasteiger partial charge in [-0.25, -0.2) is 9.59 Å². The quantitative estimate of drug-likeness (QED) is 0.795. The number of halogens is 1. The first-order valence-electron chi connectivity index (χ1n) is 7.67. The number of likely N-dealkylation sites (tertiary alicyclic amines) is 1. The number of carbonyl (C=O) groups is 3. The lowest BCUT2D eigenvalue weighted by Gasteiger charge is -2.16. The number of hydrogen-bond acceptors (Lipinski definition) is 4. The summed E-state index contributed by atoms with van der Waals surface area (Å²) in [6.07, 6.45) is 1.19. The monoisotopic (exact) mass is 353 g/mol. The van der Waals surface area contributed by atoms with Crippen LogP contribution < -0.4 is 10.6 Å². The summed E-state index contributed by atoms with van der Waals surface area (Å²) in [5.41, 5.74) is 0.668. The second-order valence-corrected chi connectivity index (χ2v) is 5.93.